The summed E-state index contributed by atoms with van der Waals surface area (Å²) in [6.07, 6.45) is -14.9. The minimum absolute atomic E-state index is 0.338. The molecule has 0 aromatic carbocycles. The van der Waals surface area contributed by atoms with Crippen molar-refractivity contribution in [1.82, 2.24) is 0 Å². The van der Waals surface area contributed by atoms with Gasteiger partial charge in [-0.1, -0.05) is 0 Å². The van der Waals surface area contributed by atoms with E-state index >= 15 is 0 Å². The number of halogens is 6. The number of hydrogen-bond acceptors (Lipinski definition) is 8. The minimum Gasteiger partial charge on any atom is -0.691 e. The third-order valence-electron chi connectivity index (χ3n) is 2.41. The zero-order valence-electron chi connectivity index (χ0n) is 10.0. The van der Waals surface area contributed by atoms with Crippen LogP contribution in [0.4, 0.5) is 26.3 Å². The Morgan fingerprint density at radius 1 is 1.23 bits per heavy atom. The number of carbonyl (C=O) groups excluding carboxylic acids is 2. The second-order valence-corrected chi connectivity index (χ2v) is 4.66. The van der Waals surface area contributed by atoms with Gasteiger partial charge in [0.25, 0.3) is 0 Å². The first-order valence-corrected chi connectivity index (χ1v) is 5.87. The molecular weight excluding hydrogens is 354 g/mol. The summed E-state index contributed by atoms with van der Waals surface area (Å²) in [6.45, 7) is -0.338. The average molecular weight is 359 g/mol. The van der Waals surface area contributed by atoms with Gasteiger partial charge < -0.3 is 14.7 Å². The first kappa shape index (κ1) is 18.8. The molecule has 14 heteroatoms. The Bertz CT molecular complexity index is 422. The quantitative estimate of drug-likeness (QED) is 0.231. The maximum absolute atomic E-state index is 12.8. The highest BCUT2D eigenvalue weighted by Gasteiger charge is 2.79. The maximum Gasteiger partial charge on any atom is 0.425 e. The number of esters is 2. The van der Waals surface area contributed by atoms with E-state index in [1.54, 1.807) is 0 Å². The molecule has 1 fully saturated rings. The van der Waals surface area contributed by atoms with Gasteiger partial charge in [-0.15, -0.1) is 0 Å². The van der Waals surface area contributed by atoms with Crippen LogP contribution in [0.1, 0.15) is 6.42 Å². The van der Waals surface area contributed by atoms with Crippen molar-refractivity contribution in [2.45, 2.75) is 29.6 Å². The summed E-state index contributed by atoms with van der Waals surface area (Å²) in [5.74, 6) is -4.18. The summed E-state index contributed by atoms with van der Waals surface area (Å²) in [4.78, 5) is 22.4. The Labute approximate surface area is 121 Å². The van der Waals surface area contributed by atoms with E-state index in [9.17, 15) is 41.2 Å². The summed E-state index contributed by atoms with van der Waals surface area (Å²) in [5.41, 5.74) is 0. The molecule has 0 saturated carbocycles. The summed E-state index contributed by atoms with van der Waals surface area (Å²) < 4.78 is 82.9. The molecule has 0 radical (unpaired) electrons. The molecule has 0 aromatic rings. The van der Waals surface area contributed by atoms with Crippen LogP contribution in [0, 0.1) is 0 Å². The first-order valence-electron chi connectivity index (χ1n) is 5.13. The normalized spacial score (nSPS) is 20.0. The monoisotopic (exact) mass is 359 g/mol. The fourth-order valence-corrected chi connectivity index (χ4v) is 1.82. The van der Waals surface area contributed by atoms with Crippen LogP contribution in [-0.2, 0) is 28.4 Å². The van der Waals surface area contributed by atoms with Gasteiger partial charge in [-0.25, -0.2) is 9.59 Å². The van der Waals surface area contributed by atoms with E-state index in [1.807, 2.05) is 0 Å². The van der Waals surface area contributed by atoms with Gasteiger partial charge >= 0.3 is 29.0 Å². The van der Waals surface area contributed by atoms with Gasteiger partial charge in [0.1, 0.15) is 0 Å². The smallest absolute Gasteiger partial charge is 0.425 e. The van der Waals surface area contributed by atoms with Crippen LogP contribution in [0.25, 0.3) is 0 Å². The SMILES string of the molecule is O=C1OCCC1OC(=O)C(SOO[O-])(C(F)(F)F)C(F)(F)F. The fourth-order valence-electron chi connectivity index (χ4n) is 1.38. The third-order valence-corrected chi connectivity index (χ3v) is 3.41. The van der Waals surface area contributed by atoms with Gasteiger partial charge in [-0.3, -0.25) is 5.04 Å². The van der Waals surface area contributed by atoms with Gasteiger partial charge in [-0.2, -0.15) is 30.7 Å². The molecule has 22 heavy (non-hydrogen) atoms. The Morgan fingerprint density at radius 3 is 2.14 bits per heavy atom. The van der Waals surface area contributed by atoms with Crippen molar-refractivity contribution in [2.75, 3.05) is 6.61 Å². The number of cyclic esters (lactones) is 1. The Morgan fingerprint density at radius 2 is 1.77 bits per heavy atom. The van der Waals surface area contributed by atoms with Crippen LogP contribution >= 0.6 is 12.0 Å². The number of carbonyl (C=O) groups is 2. The predicted octanol–water partition coefficient (Wildman–Crippen LogP) is 0.580. The van der Waals surface area contributed by atoms with Crippen LogP contribution in [0.3, 0.4) is 0 Å². The molecule has 0 spiro atoms. The maximum atomic E-state index is 12.8. The molecule has 1 heterocycles. The van der Waals surface area contributed by atoms with E-state index in [-0.39, 0.29) is 6.61 Å². The van der Waals surface area contributed by atoms with Crippen LogP contribution in [0.5, 0.6) is 0 Å². The Balaban J connectivity index is 3.17. The van der Waals surface area contributed by atoms with E-state index in [1.165, 1.54) is 0 Å². The number of alkyl halides is 6. The predicted molar refractivity (Wildman–Crippen MR) is 50.1 cm³/mol. The molecule has 128 valence electrons. The molecule has 1 aliphatic rings. The van der Waals surface area contributed by atoms with Crippen molar-refractivity contribution in [3.8, 4) is 0 Å². The molecule has 1 rings (SSSR count). The lowest BCUT2D eigenvalue weighted by Gasteiger charge is -2.33. The summed E-state index contributed by atoms with van der Waals surface area (Å²) >= 11 is -1.64. The summed E-state index contributed by atoms with van der Waals surface area (Å²) in [7, 11) is 0. The van der Waals surface area contributed by atoms with E-state index in [0.29, 0.717) is 0 Å². The zero-order chi connectivity index (χ0) is 17.2. The molecule has 1 unspecified atom stereocenters. The topological polar surface area (TPSA) is 94.1 Å². The van der Waals surface area contributed by atoms with Gasteiger partial charge in [0.05, 0.1) is 18.6 Å². The third kappa shape index (κ3) is 3.39. The molecule has 7 nitrogen and oxygen atoms in total. The molecule has 0 amide bonds. The second-order valence-electron chi connectivity index (χ2n) is 3.75. The van der Waals surface area contributed by atoms with Gasteiger partial charge in [-0.05, 0) is 0 Å². The molecule has 1 saturated heterocycles. The number of hydrogen-bond donors (Lipinski definition) is 0. The summed E-state index contributed by atoms with van der Waals surface area (Å²) in [5, 5.41) is 12.0. The molecule has 0 aromatic heterocycles. The highest BCUT2D eigenvalue weighted by Crippen LogP contribution is 2.53. The van der Waals surface area contributed by atoms with Crippen LogP contribution in [0.15, 0.2) is 0 Å². The van der Waals surface area contributed by atoms with E-state index in [0.717, 1.165) is 0 Å². The van der Waals surface area contributed by atoms with Crippen molar-refractivity contribution >= 4 is 24.0 Å². The summed E-state index contributed by atoms with van der Waals surface area (Å²) in [6, 6.07) is 0. The number of ether oxygens (including phenoxy) is 2. The lowest BCUT2D eigenvalue weighted by Crippen LogP contribution is -2.61. The van der Waals surface area contributed by atoms with E-state index < -0.39 is 53.6 Å². The standard InChI is InChI=1S/C8H6F6O7S/c9-7(10,11)6(8(12,13)14,22-21-20-17)5(16)19-3-1-2-18-4(3)15/h3,17H,1-2H2/p-1. The van der Waals surface area contributed by atoms with Crippen molar-refractivity contribution < 1.29 is 60.0 Å². The zero-order valence-corrected chi connectivity index (χ0v) is 10.8. The van der Waals surface area contributed by atoms with Crippen LogP contribution in [-0.4, -0.2) is 41.7 Å². The Hall–Kier alpha value is -1.25. The van der Waals surface area contributed by atoms with Gasteiger partial charge in [0.15, 0.2) is 0 Å². The Kier molecular flexibility index (Phi) is 5.53. The first-order chi connectivity index (χ1) is 9.97. The lowest BCUT2D eigenvalue weighted by atomic mass is 10.1. The van der Waals surface area contributed by atoms with Gasteiger partial charge in [0.2, 0.25) is 6.10 Å². The largest absolute Gasteiger partial charge is 0.691 e. The molecule has 0 aliphatic carbocycles. The molecule has 0 N–H and O–H groups in total. The van der Waals surface area contributed by atoms with Crippen molar-refractivity contribution in [2.24, 2.45) is 0 Å². The number of rotatable bonds is 5. The van der Waals surface area contributed by atoms with Crippen molar-refractivity contribution in [3.05, 3.63) is 0 Å². The van der Waals surface area contributed by atoms with Crippen LogP contribution in [0.2, 0.25) is 0 Å². The lowest BCUT2D eigenvalue weighted by molar-refractivity contribution is -0.777. The highest BCUT2D eigenvalue weighted by molar-refractivity contribution is 7.96. The minimum atomic E-state index is -6.27. The molecule has 1 aliphatic heterocycles. The van der Waals surface area contributed by atoms with Crippen molar-refractivity contribution in [1.29, 1.82) is 0 Å². The van der Waals surface area contributed by atoms with Crippen LogP contribution < -0.4 is 5.26 Å². The van der Waals surface area contributed by atoms with Crippen molar-refractivity contribution in [3.63, 3.8) is 0 Å². The second kappa shape index (κ2) is 6.47. The average Bonchev–Trinajstić information content (AvgIpc) is 2.72. The highest BCUT2D eigenvalue weighted by atomic mass is 32.2. The molecule has 1 atom stereocenters. The van der Waals surface area contributed by atoms with E-state index in [4.69, 9.17) is 0 Å². The fraction of sp³-hybridized carbons (Fsp3) is 0.750. The van der Waals surface area contributed by atoms with E-state index in [2.05, 4.69) is 18.8 Å². The molecular formula is C8H5F6O7S-. The van der Waals surface area contributed by atoms with Gasteiger partial charge in [0, 0.05) is 6.42 Å². The molecule has 0 bridgehead atoms.